The van der Waals surface area contributed by atoms with E-state index in [4.69, 9.17) is 20.3 Å². The molecular formula is C12H12N2O6. The molecule has 0 saturated heterocycles. The van der Waals surface area contributed by atoms with Crippen LogP contribution in [0.2, 0.25) is 0 Å². The van der Waals surface area contributed by atoms with E-state index in [1.807, 2.05) is 0 Å². The Bertz CT molecular complexity index is 571. The summed E-state index contributed by atoms with van der Waals surface area (Å²) in [5.74, 6) is -1.88. The maximum Gasteiger partial charge on any atom is 0.326 e. The molecule has 1 aliphatic rings. The predicted octanol–water partition coefficient (Wildman–Crippen LogP) is -0.526. The van der Waals surface area contributed by atoms with Crippen LogP contribution in [0.15, 0.2) is 18.2 Å². The molecular weight excluding hydrogens is 268 g/mol. The molecule has 4 N–H and O–H groups in total. The Hall–Kier alpha value is -2.77. The number of carboxylic acid groups (broad SMARTS) is 1. The van der Waals surface area contributed by atoms with E-state index >= 15 is 0 Å². The normalized spacial score (nSPS) is 13.6. The van der Waals surface area contributed by atoms with Gasteiger partial charge in [0.25, 0.3) is 5.91 Å². The number of hydrogen-bond donors (Lipinski definition) is 3. The minimum atomic E-state index is -1.37. The van der Waals surface area contributed by atoms with Crippen molar-refractivity contribution in [3.05, 3.63) is 23.8 Å². The van der Waals surface area contributed by atoms with Crippen molar-refractivity contribution in [1.29, 1.82) is 0 Å². The zero-order valence-corrected chi connectivity index (χ0v) is 10.3. The lowest BCUT2D eigenvalue weighted by atomic mass is 10.1. The van der Waals surface area contributed by atoms with Crippen LogP contribution in [0.5, 0.6) is 11.5 Å². The first kappa shape index (κ1) is 13.7. The molecule has 8 nitrogen and oxygen atoms in total. The van der Waals surface area contributed by atoms with Gasteiger partial charge in [0.05, 0.1) is 6.42 Å². The average Bonchev–Trinajstić information content (AvgIpc) is 2.84. The molecule has 0 saturated carbocycles. The molecule has 0 bridgehead atoms. The van der Waals surface area contributed by atoms with E-state index < -0.39 is 30.2 Å². The number of ether oxygens (including phenoxy) is 2. The Balaban J connectivity index is 2.10. The summed E-state index contributed by atoms with van der Waals surface area (Å²) in [4.78, 5) is 33.6. The summed E-state index contributed by atoms with van der Waals surface area (Å²) in [6, 6.07) is 3.07. The molecule has 0 radical (unpaired) electrons. The molecule has 2 amide bonds. The lowest BCUT2D eigenvalue weighted by molar-refractivity contribution is -0.140. The monoisotopic (exact) mass is 280 g/mol. The molecule has 0 spiro atoms. The first-order valence-corrected chi connectivity index (χ1v) is 5.69. The molecule has 0 fully saturated rings. The fourth-order valence-electron chi connectivity index (χ4n) is 1.68. The summed E-state index contributed by atoms with van der Waals surface area (Å²) in [5.41, 5.74) is 5.13. The van der Waals surface area contributed by atoms with Crippen LogP contribution in [0.1, 0.15) is 16.8 Å². The van der Waals surface area contributed by atoms with E-state index in [0.29, 0.717) is 11.5 Å². The number of carbonyl (C=O) groups excluding carboxylic acids is 2. The predicted molar refractivity (Wildman–Crippen MR) is 65.3 cm³/mol. The lowest BCUT2D eigenvalue weighted by Crippen LogP contribution is -2.43. The van der Waals surface area contributed by atoms with Gasteiger partial charge in [-0.1, -0.05) is 0 Å². The van der Waals surface area contributed by atoms with E-state index in [-0.39, 0.29) is 12.4 Å². The summed E-state index contributed by atoms with van der Waals surface area (Å²) in [6.45, 7) is 0.0693. The van der Waals surface area contributed by atoms with Crippen LogP contribution in [-0.4, -0.2) is 35.7 Å². The van der Waals surface area contributed by atoms with Crippen molar-refractivity contribution in [2.75, 3.05) is 6.79 Å². The first-order valence-electron chi connectivity index (χ1n) is 5.69. The van der Waals surface area contributed by atoms with Crippen molar-refractivity contribution in [3.63, 3.8) is 0 Å². The number of aliphatic carboxylic acids is 1. The number of primary amides is 1. The molecule has 0 unspecified atom stereocenters. The number of hydrogen-bond acceptors (Lipinski definition) is 5. The van der Waals surface area contributed by atoms with E-state index in [2.05, 4.69) is 5.32 Å². The molecule has 106 valence electrons. The Morgan fingerprint density at radius 3 is 2.65 bits per heavy atom. The molecule has 0 aliphatic carbocycles. The summed E-state index contributed by atoms with van der Waals surface area (Å²) in [7, 11) is 0. The molecule has 1 atom stereocenters. The molecule has 1 heterocycles. The SMILES string of the molecule is NC(=O)C[C@H](NC(=O)c1ccc2c(c1)OCO2)C(=O)O. The van der Waals surface area contributed by atoms with E-state index in [1.54, 1.807) is 6.07 Å². The molecule has 0 aromatic heterocycles. The van der Waals surface area contributed by atoms with Gasteiger partial charge in [0.15, 0.2) is 11.5 Å². The van der Waals surface area contributed by atoms with E-state index in [0.717, 1.165) is 0 Å². The van der Waals surface area contributed by atoms with E-state index in [1.165, 1.54) is 12.1 Å². The number of nitrogens with two attached hydrogens (primary N) is 1. The maximum absolute atomic E-state index is 11.9. The Kier molecular flexibility index (Phi) is 3.74. The maximum atomic E-state index is 11.9. The van der Waals surface area contributed by atoms with Crippen molar-refractivity contribution in [2.45, 2.75) is 12.5 Å². The van der Waals surface area contributed by atoms with Crippen molar-refractivity contribution in [3.8, 4) is 11.5 Å². The Labute approximate surface area is 113 Å². The number of amides is 2. The number of carbonyl (C=O) groups is 3. The highest BCUT2D eigenvalue weighted by molar-refractivity contribution is 5.98. The van der Waals surface area contributed by atoms with Crippen LogP contribution in [0.25, 0.3) is 0 Å². The lowest BCUT2D eigenvalue weighted by Gasteiger charge is -2.12. The van der Waals surface area contributed by atoms with Gasteiger partial charge in [0.1, 0.15) is 6.04 Å². The quantitative estimate of drug-likeness (QED) is 0.665. The van der Waals surface area contributed by atoms with Crippen molar-refractivity contribution >= 4 is 17.8 Å². The van der Waals surface area contributed by atoms with E-state index in [9.17, 15) is 14.4 Å². The zero-order chi connectivity index (χ0) is 14.7. The van der Waals surface area contributed by atoms with Gasteiger partial charge in [-0.3, -0.25) is 9.59 Å². The summed E-state index contributed by atoms with van der Waals surface area (Å²) in [6.07, 6.45) is -0.481. The molecule has 2 rings (SSSR count). The fraction of sp³-hybridized carbons (Fsp3) is 0.250. The van der Waals surface area contributed by atoms with Crippen LogP contribution in [0.3, 0.4) is 0 Å². The van der Waals surface area contributed by atoms with Gasteiger partial charge < -0.3 is 25.6 Å². The van der Waals surface area contributed by atoms with Gasteiger partial charge in [0.2, 0.25) is 12.7 Å². The fourth-order valence-corrected chi connectivity index (χ4v) is 1.68. The van der Waals surface area contributed by atoms with Gasteiger partial charge in [-0.05, 0) is 18.2 Å². The van der Waals surface area contributed by atoms with Crippen LogP contribution in [0.4, 0.5) is 0 Å². The highest BCUT2D eigenvalue weighted by atomic mass is 16.7. The smallest absolute Gasteiger partial charge is 0.326 e. The minimum Gasteiger partial charge on any atom is -0.480 e. The first-order chi connectivity index (χ1) is 9.47. The third-order valence-electron chi connectivity index (χ3n) is 2.64. The van der Waals surface area contributed by atoms with Crippen molar-refractivity contribution < 1.29 is 29.0 Å². The average molecular weight is 280 g/mol. The highest BCUT2D eigenvalue weighted by Gasteiger charge is 2.24. The highest BCUT2D eigenvalue weighted by Crippen LogP contribution is 2.32. The van der Waals surface area contributed by atoms with Crippen LogP contribution in [0, 0.1) is 0 Å². The summed E-state index contributed by atoms with van der Waals surface area (Å²) >= 11 is 0. The Morgan fingerprint density at radius 2 is 2.00 bits per heavy atom. The minimum absolute atomic E-state index is 0.0693. The summed E-state index contributed by atoms with van der Waals surface area (Å²) < 4.78 is 10.2. The van der Waals surface area contributed by atoms with Gasteiger partial charge in [-0.2, -0.15) is 0 Å². The van der Waals surface area contributed by atoms with Crippen molar-refractivity contribution in [1.82, 2.24) is 5.32 Å². The second-order valence-corrected chi connectivity index (χ2v) is 4.10. The number of benzene rings is 1. The van der Waals surface area contributed by atoms with Gasteiger partial charge in [-0.15, -0.1) is 0 Å². The van der Waals surface area contributed by atoms with Gasteiger partial charge >= 0.3 is 5.97 Å². The number of carboxylic acids is 1. The largest absolute Gasteiger partial charge is 0.480 e. The third-order valence-corrected chi connectivity index (χ3v) is 2.64. The number of fused-ring (bicyclic) bond motifs is 1. The second-order valence-electron chi connectivity index (χ2n) is 4.10. The molecule has 1 aromatic carbocycles. The van der Waals surface area contributed by atoms with Crippen LogP contribution in [-0.2, 0) is 9.59 Å². The molecule has 20 heavy (non-hydrogen) atoms. The van der Waals surface area contributed by atoms with Crippen molar-refractivity contribution in [2.24, 2.45) is 5.73 Å². The standard InChI is InChI=1S/C12H12N2O6/c13-10(15)4-7(12(17)18)14-11(16)6-1-2-8-9(3-6)20-5-19-8/h1-3,7H,4-5H2,(H2,13,15)(H,14,16)(H,17,18)/t7-/m0/s1. The molecule has 1 aromatic rings. The van der Waals surface area contributed by atoms with Crippen LogP contribution < -0.4 is 20.5 Å². The third kappa shape index (κ3) is 2.97. The zero-order valence-electron chi connectivity index (χ0n) is 10.3. The van der Waals surface area contributed by atoms with Gasteiger partial charge in [-0.25, -0.2) is 4.79 Å². The molecule has 8 heteroatoms. The number of nitrogens with one attached hydrogen (secondary N) is 1. The topological polar surface area (TPSA) is 128 Å². The number of rotatable bonds is 5. The van der Waals surface area contributed by atoms with Crippen LogP contribution >= 0.6 is 0 Å². The summed E-state index contributed by atoms with van der Waals surface area (Å²) in [5, 5.41) is 11.1. The second kappa shape index (κ2) is 5.47. The van der Waals surface area contributed by atoms with Gasteiger partial charge in [0, 0.05) is 5.56 Å². The molecule has 1 aliphatic heterocycles. The Morgan fingerprint density at radius 1 is 1.30 bits per heavy atom.